The highest BCUT2D eigenvalue weighted by atomic mass is 79.9. The Morgan fingerprint density at radius 1 is 0.426 bits per heavy atom. The number of alkyl halides is 4. The predicted molar refractivity (Wildman–Crippen MR) is 209 cm³/mol. The van der Waals surface area contributed by atoms with Gasteiger partial charge in [-0.05, 0) is 74.8 Å². The Bertz CT molecular complexity index is 1390. The van der Waals surface area contributed by atoms with Gasteiger partial charge in [-0.15, -0.1) is 0 Å². The minimum atomic E-state index is -2.87. The van der Waals surface area contributed by atoms with E-state index in [-0.39, 0.29) is 6.61 Å². The minimum Gasteiger partial charge on any atom is -0.463 e. The minimum absolute atomic E-state index is 0.343. The number of carbonyl (C=O) groups is 7. The summed E-state index contributed by atoms with van der Waals surface area (Å²) in [6, 6.07) is 8.41. The summed E-state index contributed by atoms with van der Waals surface area (Å²) in [5.41, 5.74) is -3.46. The van der Waals surface area contributed by atoms with Crippen LogP contribution >= 0.6 is 63.7 Å². The third kappa shape index (κ3) is 15.5. The van der Waals surface area contributed by atoms with Crippen molar-refractivity contribution >= 4 is 106 Å². The lowest BCUT2D eigenvalue weighted by Crippen LogP contribution is -2.54. The smallest absolute Gasteiger partial charge is 0.393 e. The first-order chi connectivity index (χ1) is 24.3. The average Bonchev–Trinajstić information content (AvgIpc) is 3.04. The van der Waals surface area contributed by atoms with Gasteiger partial charge in [-0.2, -0.15) is 0 Å². The molecule has 304 valence electrons. The van der Waals surface area contributed by atoms with E-state index in [4.69, 9.17) is 33.2 Å². The zero-order chi connectivity index (χ0) is 42.1. The van der Waals surface area contributed by atoms with Crippen LogP contribution in [0.25, 0.3) is 0 Å². The summed E-state index contributed by atoms with van der Waals surface area (Å²) in [6.07, 6.45) is 0. The second kappa shape index (κ2) is 19.0. The SMILES string of the molecule is CC(C)(Br)C(=O)OCC(C)(COC(=O)C(C)(C)Br)C(=O)OC(C)(OC(=O)C(C)(COC(=O)C(C)(C)Br)COC(=O)C(C)(C)Br)C(=O)OCc1ccccc1. The zero-order valence-corrected chi connectivity index (χ0v) is 38.5. The van der Waals surface area contributed by atoms with Crippen LogP contribution in [0.1, 0.15) is 81.7 Å². The molecule has 1 aromatic rings. The molecule has 0 radical (unpaired) electrons. The van der Waals surface area contributed by atoms with E-state index in [0.717, 1.165) is 6.92 Å². The van der Waals surface area contributed by atoms with Gasteiger partial charge in [0.1, 0.15) is 61.2 Å². The molecule has 0 unspecified atom stereocenters. The number of benzene rings is 1. The predicted octanol–water partition coefficient (Wildman–Crippen LogP) is 6.41. The highest BCUT2D eigenvalue weighted by Crippen LogP contribution is 2.32. The van der Waals surface area contributed by atoms with E-state index in [1.807, 2.05) is 0 Å². The molecule has 0 heterocycles. The molecule has 0 fully saturated rings. The number of hydrogen-bond donors (Lipinski definition) is 0. The first-order valence-electron chi connectivity index (χ1n) is 16.4. The first kappa shape index (κ1) is 49.4. The van der Waals surface area contributed by atoms with E-state index in [9.17, 15) is 33.6 Å². The summed E-state index contributed by atoms with van der Waals surface area (Å²) < 4.78 is 33.5. The van der Waals surface area contributed by atoms with E-state index in [1.165, 1.54) is 69.2 Å². The van der Waals surface area contributed by atoms with Gasteiger partial charge in [0.2, 0.25) is 0 Å². The standard InChI is InChI=1S/C36H48Br4O14/c1-30(2,37)23(41)49-18-34(9,19-50-24(42)31(3,4)38)27(45)53-36(11,29(47)48-17-22-15-13-12-14-16-22)54-28(46)35(10,20-51-25(43)32(5,6)39)21-52-26(44)33(7,8)40/h12-16H,17-21H2,1-11H3. The summed E-state index contributed by atoms with van der Waals surface area (Å²) in [7, 11) is 0. The molecule has 1 aromatic carbocycles. The van der Waals surface area contributed by atoms with Crippen molar-refractivity contribution in [2.24, 2.45) is 10.8 Å². The molecule has 0 amide bonds. The van der Waals surface area contributed by atoms with Crippen LogP contribution in [0.2, 0.25) is 0 Å². The lowest BCUT2D eigenvalue weighted by molar-refractivity contribution is -0.247. The molecular formula is C36H48Br4O14. The second-order valence-electron chi connectivity index (χ2n) is 15.1. The van der Waals surface area contributed by atoms with Crippen molar-refractivity contribution in [3.8, 4) is 0 Å². The third-order valence-corrected chi connectivity index (χ3v) is 8.47. The number of ether oxygens (including phenoxy) is 7. The van der Waals surface area contributed by atoms with Crippen molar-refractivity contribution in [3.63, 3.8) is 0 Å². The Morgan fingerprint density at radius 3 is 0.963 bits per heavy atom. The maximum Gasteiger partial charge on any atom is 0.393 e. The fourth-order valence-corrected chi connectivity index (χ4v) is 3.92. The Hall–Kier alpha value is -2.57. The fraction of sp³-hybridized carbons (Fsp3) is 0.639. The average molecular weight is 1020 g/mol. The topological polar surface area (TPSA) is 184 Å². The molecular weight excluding hydrogens is 976 g/mol. The van der Waals surface area contributed by atoms with Crippen molar-refractivity contribution in [2.45, 2.75) is 106 Å². The molecule has 0 bridgehead atoms. The molecule has 14 nitrogen and oxygen atoms in total. The van der Waals surface area contributed by atoms with Gasteiger partial charge in [0, 0.05) is 6.92 Å². The molecule has 0 aliphatic rings. The number of hydrogen-bond acceptors (Lipinski definition) is 14. The number of rotatable bonds is 19. The van der Waals surface area contributed by atoms with Gasteiger partial charge in [-0.3, -0.25) is 28.8 Å². The number of esters is 7. The van der Waals surface area contributed by atoms with Crippen molar-refractivity contribution in [3.05, 3.63) is 35.9 Å². The number of carbonyl (C=O) groups excluding carboxylic acids is 7. The van der Waals surface area contributed by atoms with Gasteiger partial charge in [0.05, 0.1) is 0 Å². The summed E-state index contributed by atoms with van der Waals surface area (Å²) in [5.74, 6) is -10.0. The van der Waals surface area contributed by atoms with E-state index in [2.05, 4.69) is 63.7 Å². The molecule has 0 spiro atoms. The van der Waals surface area contributed by atoms with Crippen molar-refractivity contribution < 1.29 is 66.7 Å². The van der Waals surface area contributed by atoms with Crippen LogP contribution in [0.4, 0.5) is 0 Å². The molecule has 54 heavy (non-hydrogen) atoms. The zero-order valence-electron chi connectivity index (χ0n) is 32.1. The van der Waals surface area contributed by atoms with Crippen LogP contribution in [-0.4, -0.2) is 91.3 Å². The van der Waals surface area contributed by atoms with E-state index >= 15 is 0 Å². The van der Waals surface area contributed by atoms with E-state index < -0.39 is 102 Å². The Balaban J connectivity index is 3.70. The largest absolute Gasteiger partial charge is 0.463 e. The van der Waals surface area contributed by atoms with E-state index in [0.29, 0.717) is 5.56 Å². The Morgan fingerprint density at radius 2 is 0.704 bits per heavy atom. The molecule has 0 aromatic heterocycles. The molecule has 0 saturated carbocycles. The van der Waals surface area contributed by atoms with Crippen LogP contribution in [0.15, 0.2) is 30.3 Å². The molecule has 0 aliphatic heterocycles. The fourth-order valence-electron chi connectivity index (χ4n) is 3.46. The molecule has 0 atom stereocenters. The van der Waals surface area contributed by atoms with Crippen LogP contribution in [0.5, 0.6) is 0 Å². The van der Waals surface area contributed by atoms with E-state index in [1.54, 1.807) is 30.3 Å². The van der Waals surface area contributed by atoms with Crippen LogP contribution in [0, 0.1) is 10.8 Å². The molecule has 0 N–H and O–H groups in total. The van der Waals surface area contributed by atoms with Crippen LogP contribution in [0.3, 0.4) is 0 Å². The van der Waals surface area contributed by atoms with Gasteiger partial charge in [0.15, 0.2) is 0 Å². The summed E-state index contributed by atoms with van der Waals surface area (Å²) >= 11 is 12.7. The molecule has 0 aliphatic carbocycles. The third-order valence-electron chi connectivity index (χ3n) is 7.17. The van der Waals surface area contributed by atoms with Crippen molar-refractivity contribution in [1.82, 2.24) is 0 Å². The maximum atomic E-state index is 14.1. The molecule has 0 saturated heterocycles. The lowest BCUT2D eigenvalue weighted by atomic mass is 9.92. The Labute approximate surface area is 349 Å². The van der Waals surface area contributed by atoms with Crippen molar-refractivity contribution in [1.29, 1.82) is 0 Å². The summed E-state index contributed by atoms with van der Waals surface area (Å²) in [4.78, 5) is 92.7. The quantitative estimate of drug-likeness (QED) is 0.0641. The summed E-state index contributed by atoms with van der Waals surface area (Å²) in [5, 5.41) is 0. The van der Waals surface area contributed by atoms with Crippen LogP contribution in [-0.2, 0) is 73.3 Å². The molecule has 18 heteroatoms. The van der Waals surface area contributed by atoms with Gasteiger partial charge in [-0.1, -0.05) is 94.1 Å². The van der Waals surface area contributed by atoms with Crippen molar-refractivity contribution in [2.75, 3.05) is 26.4 Å². The normalized spacial score (nSPS) is 12.9. The summed E-state index contributed by atoms with van der Waals surface area (Å²) in [6.45, 7) is 12.2. The van der Waals surface area contributed by atoms with Gasteiger partial charge < -0.3 is 33.2 Å². The van der Waals surface area contributed by atoms with Gasteiger partial charge >= 0.3 is 47.6 Å². The van der Waals surface area contributed by atoms with Gasteiger partial charge in [0.25, 0.3) is 0 Å². The number of halogens is 4. The lowest BCUT2D eigenvalue weighted by Gasteiger charge is -2.35. The highest BCUT2D eigenvalue weighted by molar-refractivity contribution is 9.10. The van der Waals surface area contributed by atoms with Gasteiger partial charge in [-0.25, -0.2) is 4.79 Å². The highest BCUT2D eigenvalue weighted by Gasteiger charge is 2.53. The molecule has 1 rings (SSSR count). The Kier molecular flexibility index (Phi) is 17.4. The maximum absolute atomic E-state index is 14.1. The monoisotopic (exact) mass is 1020 g/mol. The van der Waals surface area contributed by atoms with Crippen LogP contribution < -0.4 is 0 Å². The second-order valence-corrected chi connectivity index (χ2v) is 23.0. The first-order valence-corrected chi connectivity index (χ1v) is 19.6.